The van der Waals surface area contributed by atoms with E-state index in [9.17, 15) is 9.90 Å². The highest BCUT2D eigenvalue weighted by Gasteiger charge is 2.14. The number of aromatic carboxylic acids is 1. The molecule has 0 fully saturated rings. The van der Waals surface area contributed by atoms with Crippen LogP contribution in [0.25, 0.3) is 0 Å². The fourth-order valence-corrected chi connectivity index (χ4v) is 2.16. The number of carboxylic acids is 1. The number of nitrogen functional groups attached to an aromatic ring is 2. The summed E-state index contributed by atoms with van der Waals surface area (Å²) >= 11 is 0. The maximum atomic E-state index is 11.4. The third kappa shape index (κ3) is 4.00. The van der Waals surface area contributed by atoms with Crippen LogP contribution >= 0.6 is 0 Å². The van der Waals surface area contributed by atoms with Crippen molar-refractivity contribution in [3.05, 3.63) is 72.3 Å². The van der Waals surface area contributed by atoms with Gasteiger partial charge in [-0.2, -0.15) is 0 Å². The van der Waals surface area contributed by atoms with Crippen molar-refractivity contribution in [3.63, 3.8) is 0 Å². The highest BCUT2D eigenvalue weighted by atomic mass is 16.5. The molecule has 126 valence electrons. The van der Waals surface area contributed by atoms with E-state index in [1.807, 2.05) is 0 Å². The van der Waals surface area contributed by atoms with Gasteiger partial charge in [-0.3, -0.25) is 0 Å². The fraction of sp³-hybridized carbons (Fsp3) is 0. The Bertz CT molecular complexity index is 890. The number of hydrogen-bond donors (Lipinski definition) is 3. The van der Waals surface area contributed by atoms with E-state index in [-0.39, 0.29) is 11.3 Å². The van der Waals surface area contributed by atoms with Crippen LogP contribution in [0.1, 0.15) is 10.4 Å². The first kappa shape index (κ1) is 16.2. The number of carbonyl (C=O) groups is 1. The highest BCUT2D eigenvalue weighted by Crippen LogP contribution is 2.32. The van der Waals surface area contributed by atoms with Crippen molar-refractivity contribution in [3.8, 4) is 23.0 Å². The van der Waals surface area contributed by atoms with E-state index in [0.717, 1.165) is 0 Å². The van der Waals surface area contributed by atoms with Crippen LogP contribution in [0.4, 0.5) is 11.4 Å². The lowest BCUT2D eigenvalue weighted by molar-refractivity contribution is 0.0694. The Balaban J connectivity index is 1.89. The second-order valence-electron chi connectivity index (χ2n) is 5.31. The molecule has 0 aliphatic carbocycles. The second-order valence-corrected chi connectivity index (χ2v) is 5.31. The van der Waals surface area contributed by atoms with Gasteiger partial charge in [0, 0.05) is 17.4 Å². The van der Waals surface area contributed by atoms with Gasteiger partial charge in [-0.25, -0.2) is 4.79 Å². The number of rotatable bonds is 5. The summed E-state index contributed by atoms with van der Waals surface area (Å²) in [6, 6.07) is 18.1. The van der Waals surface area contributed by atoms with Crippen molar-refractivity contribution in [1.29, 1.82) is 0 Å². The molecule has 0 saturated heterocycles. The number of carboxylic acid groups (broad SMARTS) is 1. The van der Waals surface area contributed by atoms with Crippen LogP contribution in [0.2, 0.25) is 0 Å². The molecule has 0 unspecified atom stereocenters. The lowest BCUT2D eigenvalue weighted by Gasteiger charge is -2.12. The van der Waals surface area contributed by atoms with Crippen molar-refractivity contribution < 1.29 is 19.4 Å². The average Bonchev–Trinajstić information content (AvgIpc) is 2.59. The Morgan fingerprint density at radius 2 is 1.20 bits per heavy atom. The summed E-state index contributed by atoms with van der Waals surface area (Å²) < 4.78 is 11.4. The molecule has 0 aromatic heterocycles. The summed E-state index contributed by atoms with van der Waals surface area (Å²) in [6.45, 7) is 0. The van der Waals surface area contributed by atoms with Crippen molar-refractivity contribution in [1.82, 2.24) is 0 Å². The van der Waals surface area contributed by atoms with Crippen LogP contribution in [0.5, 0.6) is 23.0 Å². The highest BCUT2D eigenvalue weighted by molar-refractivity contribution is 5.91. The molecule has 3 aromatic carbocycles. The van der Waals surface area contributed by atoms with E-state index >= 15 is 0 Å². The molecule has 0 spiro atoms. The summed E-state index contributed by atoms with van der Waals surface area (Å²) in [7, 11) is 0. The number of benzene rings is 3. The van der Waals surface area contributed by atoms with Crippen LogP contribution in [-0.2, 0) is 0 Å². The van der Waals surface area contributed by atoms with E-state index in [1.165, 1.54) is 12.1 Å². The first-order valence-electron chi connectivity index (χ1n) is 7.45. The Kier molecular flexibility index (Phi) is 4.43. The summed E-state index contributed by atoms with van der Waals surface area (Å²) in [5.41, 5.74) is 12.5. The number of nitrogens with two attached hydrogens (primary N) is 2. The molecule has 0 radical (unpaired) electrons. The minimum Gasteiger partial charge on any atom is -0.478 e. The molecular weight excluding hydrogens is 320 g/mol. The second kappa shape index (κ2) is 6.84. The Morgan fingerprint density at radius 3 is 1.72 bits per heavy atom. The quantitative estimate of drug-likeness (QED) is 0.605. The summed E-state index contributed by atoms with van der Waals surface area (Å²) in [5.74, 6) is 0.576. The molecule has 0 aliphatic heterocycles. The average molecular weight is 336 g/mol. The maximum absolute atomic E-state index is 11.4. The Labute approximate surface area is 144 Å². The van der Waals surface area contributed by atoms with Gasteiger partial charge in [-0.1, -0.05) is 0 Å². The first-order valence-corrected chi connectivity index (χ1v) is 7.45. The van der Waals surface area contributed by atoms with E-state index in [2.05, 4.69) is 0 Å². The lowest BCUT2D eigenvalue weighted by atomic mass is 10.2. The summed E-state index contributed by atoms with van der Waals surface area (Å²) in [6.07, 6.45) is 0. The van der Waals surface area contributed by atoms with E-state index in [1.54, 1.807) is 54.6 Å². The Hall–Kier alpha value is -3.67. The smallest absolute Gasteiger partial charge is 0.339 e. The van der Waals surface area contributed by atoms with Gasteiger partial charge < -0.3 is 26.0 Å². The molecule has 0 saturated carbocycles. The van der Waals surface area contributed by atoms with Crippen molar-refractivity contribution in [2.75, 3.05) is 11.5 Å². The van der Waals surface area contributed by atoms with Gasteiger partial charge in [0.15, 0.2) is 0 Å². The fourth-order valence-electron chi connectivity index (χ4n) is 2.16. The first-order chi connectivity index (χ1) is 12.0. The largest absolute Gasteiger partial charge is 0.478 e. The molecule has 0 atom stereocenters. The van der Waals surface area contributed by atoms with Gasteiger partial charge in [0.1, 0.15) is 28.6 Å². The van der Waals surface area contributed by atoms with Crippen LogP contribution < -0.4 is 20.9 Å². The topological polar surface area (TPSA) is 108 Å². The molecule has 5 N–H and O–H groups in total. The summed E-state index contributed by atoms with van der Waals surface area (Å²) in [5, 5.41) is 9.34. The van der Waals surface area contributed by atoms with Gasteiger partial charge in [-0.15, -0.1) is 0 Å². The molecule has 0 amide bonds. The third-order valence-corrected chi connectivity index (χ3v) is 3.41. The Morgan fingerprint density at radius 1 is 0.720 bits per heavy atom. The zero-order valence-corrected chi connectivity index (χ0v) is 13.2. The minimum atomic E-state index is -1.09. The van der Waals surface area contributed by atoms with E-state index < -0.39 is 5.97 Å². The van der Waals surface area contributed by atoms with Crippen LogP contribution in [0.3, 0.4) is 0 Å². The van der Waals surface area contributed by atoms with Crippen molar-refractivity contribution >= 4 is 17.3 Å². The standard InChI is InChI=1S/C19H16N2O4/c20-12-1-5-14(6-2-12)24-16-9-10-17(19(22)23)18(11-16)25-15-7-3-13(21)4-8-15/h1-11H,20-21H2,(H,22,23). The molecule has 0 bridgehead atoms. The number of hydrogen-bond acceptors (Lipinski definition) is 5. The summed E-state index contributed by atoms with van der Waals surface area (Å²) in [4.78, 5) is 11.4. The van der Waals surface area contributed by atoms with Crippen LogP contribution in [0.15, 0.2) is 66.7 Å². The molecule has 3 aromatic rings. The van der Waals surface area contributed by atoms with Gasteiger partial charge in [0.05, 0.1) is 0 Å². The van der Waals surface area contributed by atoms with Crippen LogP contribution in [0, 0.1) is 0 Å². The molecule has 0 heterocycles. The number of anilines is 2. The third-order valence-electron chi connectivity index (χ3n) is 3.41. The predicted molar refractivity (Wildman–Crippen MR) is 95.3 cm³/mol. The SMILES string of the molecule is Nc1ccc(Oc2ccc(C(=O)O)c(Oc3ccc(N)cc3)c2)cc1. The van der Waals surface area contributed by atoms with Crippen molar-refractivity contribution in [2.45, 2.75) is 0 Å². The van der Waals surface area contributed by atoms with Crippen LogP contribution in [-0.4, -0.2) is 11.1 Å². The minimum absolute atomic E-state index is 0.0291. The maximum Gasteiger partial charge on any atom is 0.339 e. The number of ether oxygens (including phenoxy) is 2. The monoisotopic (exact) mass is 336 g/mol. The molecule has 25 heavy (non-hydrogen) atoms. The molecule has 6 heteroatoms. The molecule has 6 nitrogen and oxygen atoms in total. The normalized spacial score (nSPS) is 10.2. The lowest BCUT2D eigenvalue weighted by Crippen LogP contribution is -2.00. The van der Waals surface area contributed by atoms with Gasteiger partial charge in [-0.05, 0) is 60.7 Å². The predicted octanol–water partition coefficient (Wildman–Crippen LogP) is 4.13. The van der Waals surface area contributed by atoms with Gasteiger partial charge in [0.25, 0.3) is 0 Å². The molecule has 0 aliphatic rings. The van der Waals surface area contributed by atoms with Gasteiger partial charge in [0.2, 0.25) is 0 Å². The van der Waals surface area contributed by atoms with E-state index in [4.69, 9.17) is 20.9 Å². The van der Waals surface area contributed by atoms with Gasteiger partial charge >= 0.3 is 5.97 Å². The zero-order valence-electron chi connectivity index (χ0n) is 13.2. The van der Waals surface area contributed by atoms with Crippen molar-refractivity contribution in [2.24, 2.45) is 0 Å². The molecule has 3 rings (SSSR count). The molecular formula is C19H16N2O4. The zero-order chi connectivity index (χ0) is 17.8. The van der Waals surface area contributed by atoms with E-state index in [0.29, 0.717) is 28.6 Å².